The van der Waals surface area contributed by atoms with E-state index in [9.17, 15) is 69.6 Å². The Morgan fingerprint density at radius 1 is 0.452 bits per heavy atom. The van der Waals surface area contributed by atoms with Gasteiger partial charge in [0.1, 0.15) is 45.9 Å². The summed E-state index contributed by atoms with van der Waals surface area (Å²) in [5.74, 6) is -12.0. The van der Waals surface area contributed by atoms with Crippen LogP contribution in [0, 0.1) is 0 Å². The van der Waals surface area contributed by atoms with Crippen LogP contribution in [0.15, 0.2) is 105 Å². The molecule has 0 bridgehead atoms. The Morgan fingerprint density at radius 3 is 1.16 bits per heavy atom. The zero-order valence-corrected chi connectivity index (χ0v) is 32.3. The summed E-state index contributed by atoms with van der Waals surface area (Å²) in [6.45, 7) is 0. The van der Waals surface area contributed by atoms with E-state index in [0.29, 0.717) is 12.1 Å². The minimum absolute atomic E-state index is 0.0515. The van der Waals surface area contributed by atoms with Gasteiger partial charge in [-0.1, -0.05) is 23.2 Å². The summed E-state index contributed by atoms with van der Waals surface area (Å²) in [6.07, 6.45) is 0. The minimum Gasteiger partial charge on any atom is -0.506 e. The van der Waals surface area contributed by atoms with Gasteiger partial charge >= 0.3 is 11.9 Å². The third-order valence-corrected chi connectivity index (χ3v) is 8.57. The van der Waals surface area contributed by atoms with Gasteiger partial charge in [-0.05, 0) is 72.8 Å². The number of carboxylic acid groups (broad SMARTS) is 2. The number of nitrogens with zero attached hydrogens (tertiary/aromatic N) is 4. The van der Waals surface area contributed by atoms with Crippen LogP contribution in [0.25, 0.3) is 0 Å². The van der Waals surface area contributed by atoms with Crippen molar-refractivity contribution < 1.29 is 69.6 Å². The van der Waals surface area contributed by atoms with Gasteiger partial charge in [-0.15, -0.1) is 20.5 Å². The summed E-state index contributed by atoms with van der Waals surface area (Å²) in [6, 6.07) is 10.8. The fourth-order valence-corrected chi connectivity index (χ4v) is 5.34. The van der Waals surface area contributed by atoms with Gasteiger partial charge in [0.2, 0.25) is 12.1 Å². The molecule has 5 aromatic rings. The molecule has 0 spiro atoms. The molecule has 318 valence electrons. The maximum absolute atomic E-state index is 12.9. The molecular formula is C38H28Cl2N8O14. The van der Waals surface area contributed by atoms with E-state index in [0.717, 1.165) is 36.4 Å². The fraction of sp³-hybridized carbons (Fsp3) is 0.0526. The van der Waals surface area contributed by atoms with Crippen molar-refractivity contribution in [1.29, 1.82) is 0 Å². The van der Waals surface area contributed by atoms with Gasteiger partial charge < -0.3 is 62.1 Å². The Bertz CT molecular complexity index is 2530. The number of hydrogen-bond acceptors (Lipinski definition) is 16. The number of nitrogens with one attached hydrogen (secondary N) is 4. The Hall–Kier alpha value is -8.50. The molecule has 2 atom stereocenters. The number of aliphatic carboxylic acids is 2. The number of amides is 4. The van der Waals surface area contributed by atoms with Gasteiger partial charge in [-0.2, -0.15) is 0 Å². The second-order valence-electron chi connectivity index (χ2n) is 12.4. The summed E-state index contributed by atoms with van der Waals surface area (Å²) in [7, 11) is 0. The number of aromatic hydroxyl groups is 6. The van der Waals surface area contributed by atoms with Gasteiger partial charge in [0.05, 0.1) is 22.7 Å². The molecule has 2 unspecified atom stereocenters. The third kappa shape index (κ3) is 11.0. The van der Waals surface area contributed by atoms with Crippen LogP contribution in [-0.4, -0.2) is 88.5 Å². The van der Waals surface area contributed by atoms with E-state index in [2.05, 4.69) is 41.7 Å². The molecule has 0 aliphatic heterocycles. The first kappa shape index (κ1) is 44.6. The molecule has 0 aliphatic rings. The van der Waals surface area contributed by atoms with E-state index in [4.69, 9.17) is 23.2 Å². The Kier molecular flexibility index (Phi) is 13.7. The van der Waals surface area contributed by atoms with Gasteiger partial charge in [0.25, 0.3) is 23.6 Å². The molecule has 24 heteroatoms. The van der Waals surface area contributed by atoms with E-state index in [1.807, 2.05) is 0 Å². The highest BCUT2D eigenvalue weighted by molar-refractivity contribution is 6.31. The van der Waals surface area contributed by atoms with Crippen molar-refractivity contribution in [2.24, 2.45) is 20.5 Å². The van der Waals surface area contributed by atoms with Crippen molar-refractivity contribution in [3.8, 4) is 34.5 Å². The Labute approximate surface area is 356 Å². The Morgan fingerprint density at radius 2 is 0.806 bits per heavy atom. The second-order valence-corrected chi connectivity index (χ2v) is 13.3. The van der Waals surface area contributed by atoms with Crippen LogP contribution >= 0.6 is 23.2 Å². The molecule has 22 nitrogen and oxygen atoms in total. The lowest BCUT2D eigenvalue weighted by Crippen LogP contribution is -2.37. The average Bonchev–Trinajstić information content (AvgIpc) is 3.21. The standard InChI is InChI=1S/C38H28Cl2N8O14/c39-17-3-7-25(49)19(11-17)43-33(55)15-1-5-27(51)23(9-15)45-47-35(57)31(37(59)60)41-21-13-30(54)22(14-29(21)53)42-32(38(61)62)36(58)48-46-24-10-16(2-6-28(24)52)34(56)44-20-12-18(40)4-8-26(20)50/h1-14,31-32,41-42,49-54H,(H,43,55)(H,44,56)(H,59,60)(H,61,62). The topological polar surface area (TPSA) is 362 Å². The fourth-order valence-electron chi connectivity index (χ4n) is 4.99. The summed E-state index contributed by atoms with van der Waals surface area (Å²) in [5, 5.41) is 104. The van der Waals surface area contributed by atoms with Crippen LogP contribution in [0.2, 0.25) is 10.0 Å². The van der Waals surface area contributed by atoms with E-state index < -0.39 is 93.4 Å². The van der Waals surface area contributed by atoms with Gasteiger partial charge in [-0.3, -0.25) is 19.2 Å². The summed E-state index contributed by atoms with van der Waals surface area (Å²) < 4.78 is 0. The molecule has 5 rings (SSSR count). The number of hydrogen-bond donors (Lipinski definition) is 12. The van der Waals surface area contributed by atoms with Crippen molar-refractivity contribution in [1.82, 2.24) is 0 Å². The smallest absolute Gasteiger partial charge is 0.336 e. The molecule has 0 saturated heterocycles. The highest BCUT2D eigenvalue weighted by Crippen LogP contribution is 2.37. The maximum atomic E-state index is 12.9. The van der Waals surface area contributed by atoms with Crippen LogP contribution in [0.1, 0.15) is 20.7 Å². The lowest BCUT2D eigenvalue weighted by molar-refractivity contribution is -0.142. The second kappa shape index (κ2) is 19.0. The average molecular weight is 892 g/mol. The molecule has 5 aromatic carbocycles. The van der Waals surface area contributed by atoms with Gasteiger partial charge in [0.15, 0.2) is 0 Å². The van der Waals surface area contributed by atoms with E-state index in [-0.39, 0.29) is 44.0 Å². The highest BCUT2D eigenvalue weighted by atomic mass is 35.5. The predicted molar refractivity (Wildman–Crippen MR) is 217 cm³/mol. The molecule has 12 N–H and O–H groups in total. The number of rotatable bonds is 14. The molecular weight excluding hydrogens is 863 g/mol. The zero-order chi connectivity index (χ0) is 45.4. The zero-order valence-electron chi connectivity index (χ0n) is 30.8. The number of phenolic OH excluding ortho intramolecular Hbond substituents is 6. The monoisotopic (exact) mass is 890 g/mol. The van der Waals surface area contributed by atoms with E-state index in [1.165, 1.54) is 36.4 Å². The maximum Gasteiger partial charge on any atom is 0.336 e. The molecule has 0 radical (unpaired) electrons. The minimum atomic E-state index is -2.30. The van der Waals surface area contributed by atoms with Crippen molar-refractivity contribution in [2.75, 3.05) is 21.3 Å². The quantitative estimate of drug-likeness (QED) is 0.0260. The van der Waals surface area contributed by atoms with Crippen molar-refractivity contribution >= 4 is 92.9 Å². The number of azo groups is 2. The van der Waals surface area contributed by atoms with E-state index >= 15 is 0 Å². The lowest BCUT2D eigenvalue weighted by atomic mass is 10.1. The van der Waals surface area contributed by atoms with Crippen molar-refractivity contribution in [2.45, 2.75) is 12.1 Å². The first-order valence-electron chi connectivity index (χ1n) is 17.0. The summed E-state index contributed by atoms with van der Waals surface area (Å²) in [5.41, 5.74) is -2.56. The van der Waals surface area contributed by atoms with E-state index in [1.54, 1.807) is 0 Å². The van der Waals surface area contributed by atoms with Crippen LogP contribution < -0.4 is 21.3 Å². The molecule has 0 aliphatic carbocycles. The van der Waals surface area contributed by atoms with Gasteiger partial charge in [0, 0.05) is 33.3 Å². The van der Waals surface area contributed by atoms with Crippen LogP contribution in [0.4, 0.5) is 34.1 Å². The number of benzene rings is 5. The molecule has 62 heavy (non-hydrogen) atoms. The molecule has 0 aromatic heterocycles. The number of carbonyl (C=O) groups is 6. The number of carboxylic acids is 2. The largest absolute Gasteiger partial charge is 0.506 e. The highest BCUT2D eigenvalue weighted by Gasteiger charge is 2.30. The number of phenols is 6. The first-order valence-corrected chi connectivity index (χ1v) is 17.8. The number of anilines is 4. The van der Waals surface area contributed by atoms with Crippen LogP contribution in [-0.2, 0) is 19.2 Å². The summed E-state index contributed by atoms with van der Waals surface area (Å²) >= 11 is 11.8. The van der Waals surface area contributed by atoms with Crippen LogP contribution in [0.5, 0.6) is 34.5 Å². The van der Waals surface area contributed by atoms with Crippen molar-refractivity contribution in [3.63, 3.8) is 0 Å². The molecule has 0 heterocycles. The molecule has 0 fully saturated rings. The number of carbonyl (C=O) groups excluding carboxylic acids is 4. The van der Waals surface area contributed by atoms with Gasteiger partial charge in [-0.25, -0.2) is 9.59 Å². The molecule has 4 amide bonds. The SMILES string of the molecule is O=C(Nc1cc(Cl)ccc1O)c1ccc(O)c(N=NC(=O)C(Nc2cc(O)c(NC(C(=O)O)C(=O)N=Nc3cc(C(=O)Nc4cc(Cl)ccc4O)ccc3O)cc2O)C(=O)O)c1. The normalized spacial score (nSPS) is 12.0. The summed E-state index contributed by atoms with van der Waals surface area (Å²) in [4.78, 5) is 75.3. The molecule has 0 saturated carbocycles. The Balaban J connectivity index is 1.28. The third-order valence-electron chi connectivity index (χ3n) is 8.10. The van der Waals surface area contributed by atoms with Crippen molar-refractivity contribution in [3.05, 3.63) is 106 Å². The van der Waals surface area contributed by atoms with Crippen LogP contribution in [0.3, 0.4) is 0 Å². The lowest BCUT2D eigenvalue weighted by Gasteiger charge is -2.17. The number of halogens is 2. The first-order chi connectivity index (χ1) is 29.3. The predicted octanol–water partition coefficient (Wildman–Crippen LogP) is 6.08.